The summed E-state index contributed by atoms with van der Waals surface area (Å²) in [5.41, 5.74) is 0. The maximum absolute atomic E-state index is 11.0. The van der Waals surface area contributed by atoms with Gasteiger partial charge in [-0.25, -0.2) is 4.79 Å². The van der Waals surface area contributed by atoms with Gasteiger partial charge in [0.2, 0.25) is 6.29 Å². The van der Waals surface area contributed by atoms with Gasteiger partial charge in [-0.05, 0) is 19.8 Å². The van der Waals surface area contributed by atoms with Gasteiger partial charge < -0.3 is 14.6 Å². The Balaban J connectivity index is 3.82. The van der Waals surface area contributed by atoms with Crippen LogP contribution in [0.25, 0.3) is 0 Å². The summed E-state index contributed by atoms with van der Waals surface area (Å²) in [5, 5.41) is 11.1. The van der Waals surface area contributed by atoms with Crippen molar-refractivity contribution in [2.24, 2.45) is 0 Å². The molecule has 0 aliphatic rings. The van der Waals surface area contributed by atoms with Crippen LogP contribution < -0.4 is 5.32 Å². The fourth-order valence-corrected chi connectivity index (χ4v) is 0.865. The van der Waals surface area contributed by atoms with Crippen LogP contribution in [0.5, 0.6) is 0 Å². The fourth-order valence-electron chi connectivity index (χ4n) is 0.865. The molecule has 0 aliphatic carbocycles. The third kappa shape index (κ3) is 7.05. The number of ether oxygens (including phenoxy) is 2. The molecule has 2 atom stereocenters. The number of amides is 1. The van der Waals surface area contributed by atoms with E-state index in [0.29, 0.717) is 6.42 Å². The second-order valence-corrected chi connectivity index (χ2v) is 3.16. The van der Waals surface area contributed by atoms with Crippen molar-refractivity contribution < 1.29 is 24.2 Å². The molecular formula is C10H18NO5. The lowest BCUT2D eigenvalue weighted by atomic mass is 10.3. The zero-order valence-electron chi connectivity index (χ0n) is 9.56. The summed E-state index contributed by atoms with van der Waals surface area (Å²) in [6.45, 7) is 6.64. The molecule has 0 aromatic carbocycles. The molecule has 0 aromatic heterocycles. The molecule has 0 fully saturated rings. The predicted molar refractivity (Wildman–Crippen MR) is 56.1 cm³/mol. The number of alkyl carbamates (subject to hydrolysis) is 1. The van der Waals surface area contributed by atoms with Crippen LogP contribution in [-0.4, -0.2) is 29.7 Å². The lowest BCUT2D eigenvalue weighted by molar-refractivity contribution is -0.165. The highest BCUT2D eigenvalue weighted by molar-refractivity contribution is 5.70. The second-order valence-electron chi connectivity index (χ2n) is 3.16. The molecule has 0 saturated carbocycles. The summed E-state index contributed by atoms with van der Waals surface area (Å²) in [6, 6.07) is 0. The largest absolute Gasteiger partial charge is 0.425 e. The highest BCUT2D eigenvalue weighted by Gasteiger charge is 2.14. The molecule has 0 saturated heterocycles. The first-order chi connectivity index (χ1) is 7.49. The number of esters is 1. The number of carbonyl (C=O) groups excluding carboxylic acids is 2. The van der Waals surface area contributed by atoms with Gasteiger partial charge in [0.25, 0.3) is 0 Å². The Labute approximate surface area is 94.9 Å². The molecule has 2 N–H and O–H groups in total. The molecule has 0 rings (SSSR count). The number of rotatable bonds is 6. The van der Waals surface area contributed by atoms with Crippen molar-refractivity contribution in [3.05, 3.63) is 6.92 Å². The molecule has 6 heteroatoms. The zero-order chi connectivity index (χ0) is 12.6. The molecule has 0 spiro atoms. The molecule has 2 unspecified atom stereocenters. The summed E-state index contributed by atoms with van der Waals surface area (Å²) in [5.74, 6) is -0.430. The highest BCUT2D eigenvalue weighted by Crippen LogP contribution is 1.99. The van der Waals surface area contributed by atoms with E-state index in [0.717, 1.165) is 0 Å². The lowest BCUT2D eigenvalue weighted by Crippen LogP contribution is -2.37. The van der Waals surface area contributed by atoms with Crippen molar-refractivity contribution in [3.8, 4) is 0 Å². The van der Waals surface area contributed by atoms with Gasteiger partial charge in [0.05, 0.1) is 0 Å². The van der Waals surface area contributed by atoms with Crippen LogP contribution in [0.4, 0.5) is 4.79 Å². The maximum atomic E-state index is 11.0. The van der Waals surface area contributed by atoms with Gasteiger partial charge >= 0.3 is 12.1 Å². The number of aliphatic hydroxyl groups excluding tert-OH is 1. The van der Waals surface area contributed by atoms with Crippen LogP contribution in [0.3, 0.4) is 0 Å². The number of hydrogen-bond acceptors (Lipinski definition) is 5. The molecular weight excluding hydrogens is 214 g/mol. The summed E-state index contributed by atoms with van der Waals surface area (Å²) < 4.78 is 9.42. The Bertz CT molecular complexity index is 231. The Morgan fingerprint density at radius 2 is 2.06 bits per heavy atom. The van der Waals surface area contributed by atoms with E-state index in [1.54, 1.807) is 0 Å². The van der Waals surface area contributed by atoms with Crippen molar-refractivity contribution in [2.45, 2.75) is 45.6 Å². The monoisotopic (exact) mass is 232 g/mol. The van der Waals surface area contributed by atoms with E-state index in [-0.39, 0.29) is 12.8 Å². The fraction of sp³-hybridized carbons (Fsp3) is 0.700. The van der Waals surface area contributed by atoms with Crippen LogP contribution in [0.2, 0.25) is 0 Å². The van der Waals surface area contributed by atoms with Crippen LogP contribution >= 0.6 is 0 Å². The first kappa shape index (κ1) is 14.7. The van der Waals surface area contributed by atoms with E-state index in [2.05, 4.69) is 17.0 Å². The van der Waals surface area contributed by atoms with E-state index >= 15 is 0 Å². The van der Waals surface area contributed by atoms with Crippen molar-refractivity contribution in [1.82, 2.24) is 5.32 Å². The van der Waals surface area contributed by atoms with E-state index in [9.17, 15) is 9.59 Å². The van der Waals surface area contributed by atoms with Crippen LogP contribution in [0.1, 0.15) is 33.1 Å². The zero-order valence-corrected chi connectivity index (χ0v) is 9.56. The van der Waals surface area contributed by atoms with Crippen molar-refractivity contribution in [2.75, 3.05) is 0 Å². The van der Waals surface area contributed by atoms with Gasteiger partial charge in [-0.2, -0.15) is 0 Å². The van der Waals surface area contributed by atoms with Crippen LogP contribution in [0.15, 0.2) is 0 Å². The maximum Gasteiger partial charge on any atom is 0.412 e. The third-order valence-electron chi connectivity index (χ3n) is 1.58. The molecule has 1 amide bonds. The molecule has 16 heavy (non-hydrogen) atoms. The average Bonchev–Trinajstić information content (AvgIpc) is 2.16. The first-order valence-electron chi connectivity index (χ1n) is 5.13. The van der Waals surface area contributed by atoms with Crippen LogP contribution in [-0.2, 0) is 14.3 Å². The molecule has 0 aliphatic heterocycles. The topological polar surface area (TPSA) is 84.9 Å². The Kier molecular flexibility index (Phi) is 7.28. The SMILES string of the molecule is [CH2]CC(O)NC(=O)OC(C)OC(=O)CCC. The van der Waals surface area contributed by atoms with Crippen LogP contribution in [0, 0.1) is 6.92 Å². The molecule has 1 radical (unpaired) electrons. The Hall–Kier alpha value is -1.30. The molecule has 0 heterocycles. The first-order valence-corrected chi connectivity index (χ1v) is 5.13. The number of hydrogen-bond donors (Lipinski definition) is 2. The van der Waals surface area contributed by atoms with Gasteiger partial charge in [-0.3, -0.25) is 10.1 Å². The van der Waals surface area contributed by atoms with Crippen molar-refractivity contribution in [3.63, 3.8) is 0 Å². The molecule has 0 bridgehead atoms. The van der Waals surface area contributed by atoms with E-state index in [1.807, 2.05) is 6.92 Å². The highest BCUT2D eigenvalue weighted by atomic mass is 16.7. The standard InChI is InChI=1S/C10H18NO5/c1-4-6-9(13)15-7(3)16-10(14)11-8(12)5-2/h7-8,12H,2,4-6H2,1,3H3,(H,11,14). The van der Waals surface area contributed by atoms with Gasteiger partial charge in [0, 0.05) is 13.3 Å². The second kappa shape index (κ2) is 7.92. The smallest absolute Gasteiger partial charge is 0.412 e. The molecule has 93 valence electrons. The Morgan fingerprint density at radius 3 is 2.56 bits per heavy atom. The Morgan fingerprint density at radius 1 is 1.44 bits per heavy atom. The van der Waals surface area contributed by atoms with Crippen molar-refractivity contribution in [1.29, 1.82) is 0 Å². The van der Waals surface area contributed by atoms with E-state index < -0.39 is 24.6 Å². The minimum Gasteiger partial charge on any atom is -0.425 e. The number of nitrogens with one attached hydrogen (secondary N) is 1. The van der Waals surface area contributed by atoms with Gasteiger partial charge in [0.1, 0.15) is 6.23 Å². The number of aliphatic hydroxyl groups is 1. The van der Waals surface area contributed by atoms with E-state index in [4.69, 9.17) is 9.84 Å². The van der Waals surface area contributed by atoms with Gasteiger partial charge in [0.15, 0.2) is 0 Å². The summed E-state index contributed by atoms with van der Waals surface area (Å²) in [4.78, 5) is 22.1. The van der Waals surface area contributed by atoms with Crippen molar-refractivity contribution >= 4 is 12.1 Å². The number of carbonyl (C=O) groups is 2. The predicted octanol–water partition coefficient (Wildman–Crippen LogP) is 0.944. The minimum atomic E-state index is -1.06. The lowest BCUT2D eigenvalue weighted by Gasteiger charge is -2.16. The summed E-state index contributed by atoms with van der Waals surface area (Å²) in [6.07, 6.45) is -1.83. The quantitative estimate of drug-likeness (QED) is 0.526. The normalized spacial score (nSPS) is 13.8. The van der Waals surface area contributed by atoms with Gasteiger partial charge in [-0.15, -0.1) is 0 Å². The minimum absolute atomic E-state index is 0.124. The van der Waals surface area contributed by atoms with Gasteiger partial charge in [-0.1, -0.05) is 6.92 Å². The van der Waals surface area contributed by atoms with E-state index in [1.165, 1.54) is 6.92 Å². The summed E-state index contributed by atoms with van der Waals surface area (Å²) >= 11 is 0. The average molecular weight is 232 g/mol. The third-order valence-corrected chi connectivity index (χ3v) is 1.58. The summed E-state index contributed by atoms with van der Waals surface area (Å²) in [7, 11) is 0. The molecule has 0 aromatic rings. The molecule has 6 nitrogen and oxygen atoms in total.